The molecule has 188 valence electrons. The molecule has 0 atom stereocenters. The number of carbonyl (C=O) groups excluding carboxylic acids is 1. The van der Waals surface area contributed by atoms with Crippen LogP contribution in [-0.2, 0) is 4.74 Å². The number of aliphatic imine (C=N–C) groups is 1. The van der Waals surface area contributed by atoms with Crippen molar-refractivity contribution < 1.29 is 14.6 Å². The smallest absolute Gasteiger partial charge is 0.280 e. The number of ether oxygens (including phenoxy) is 1. The summed E-state index contributed by atoms with van der Waals surface area (Å²) in [6.45, 7) is 8.35. The fourth-order valence-corrected chi connectivity index (χ4v) is 2.76. The highest BCUT2D eigenvalue weighted by molar-refractivity contribution is 6.06. The van der Waals surface area contributed by atoms with Crippen molar-refractivity contribution >= 4 is 28.8 Å². The van der Waals surface area contributed by atoms with E-state index >= 15 is 0 Å². The van der Waals surface area contributed by atoms with Crippen LogP contribution in [0.4, 0.5) is 11.4 Å². The van der Waals surface area contributed by atoms with Crippen molar-refractivity contribution in [2.75, 3.05) is 30.6 Å². The van der Waals surface area contributed by atoms with E-state index in [-0.39, 0.29) is 17.2 Å². The predicted molar refractivity (Wildman–Crippen MR) is 139 cm³/mol. The Morgan fingerprint density at radius 3 is 2.60 bits per heavy atom. The number of carbonyl (C=O) groups is 1. The van der Waals surface area contributed by atoms with Crippen LogP contribution >= 0.6 is 0 Å². The first kappa shape index (κ1) is 27.3. The number of hydrazine groups is 1. The van der Waals surface area contributed by atoms with Crippen LogP contribution in [0, 0.1) is 12.3 Å². The lowest BCUT2D eigenvalue weighted by molar-refractivity contribution is 0.100. The van der Waals surface area contributed by atoms with E-state index in [2.05, 4.69) is 20.3 Å². The molecule has 0 bridgehead atoms. The molecule has 2 rings (SSSR count). The molecule has 0 saturated heterocycles. The molecule has 2 heterocycles. The molecule has 0 aliphatic heterocycles. The first-order chi connectivity index (χ1) is 16.4. The van der Waals surface area contributed by atoms with E-state index in [1.54, 1.807) is 32.5 Å². The Hall–Kier alpha value is -3.96. The summed E-state index contributed by atoms with van der Waals surface area (Å²) in [7, 11) is 1.63. The van der Waals surface area contributed by atoms with E-state index in [1.807, 2.05) is 26.8 Å². The molecule has 0 aliphatic rings. The average molecular weight is 483 g/mol. The van der Waals surface area contributed by atoms with Gasteiger partial charge >= 0.3 is 0 Å². The van der Waals surface area contributed by atoms with E-state index in [1.165, 1.54) is 23.5 Å². The van der Waals surface area contributed by atoms with Gasteiger partial charge in [-0.25, -0.2) is 5.84 Å². The van der Waals surface area contributed by atoms with Crippen LogP contribution in [0.3, 0.4) is 0 Å². The van der Waals surface area contributed by atoms with Crippen LogP contribution in [0.15, 0.2) is 53.8 Å². The minimum absolute atomic E-state index is 0.00970. The van der Waals surface area contributed by atoms with Gasteiger partial charge in [-0.1, -0.05) is 20.8 Å². The molecule has 1 amide bonds. The molecule has 35 heavy (non-hydrogen) atoms. The van der Waals surface area contributed by atoms with Gasteiger partial charge in [-0.15, -0.1) is 0 Å². The van der Waals surface area contributed by atoms with Crippen molar-refractivity contribution in [3.8, 4) is 0 Å². The van der Waals surface area contributed by atoms with Gasteiger partial charge in [-0.3, -0.25) is 19.8 Å². The number of hydrogen-bond acceptors (Lipinski definition) is 9. The van der Waals surface area contributed by atoms with Gasteiger partial charge in [0.2, 0.25) is 0 Å². The minimum atomic E-state index is -0.626. The SMILES string of the molecule is COCCNc1cncc(/C(N)=C/N(N)c2cc(C(=O)N=C(N)/C=C(\O)C(C)(C)C)cnc2C)c1. The number of nitrogens with one attached hydrogen (secondary N) is 1. The maximum Gasteiger partial charge on any atom is 0.280 e. The van der Waals surface area contributed by atoms with Gasteiger partial charge in [0.05, 0.1) is 34.9 Å². The topological polar surface area (TPSA) is 178 Å². The number of anilines is 2. The van der Waals surface area contributed by atoms with Crippen molar-refractivity contribution in [1.82, 2.24) is 9.97 Å². The number of methoxy groups -OCH3 is 1. The van der Waals surface area contributed by atoms with Gasteiger partial charge in [-0.2, -0.15) is 4.99 Å². The van der Waals surface area contributed by atoms with Gasteiger partial charge < -0.3 is 26.6 Å². The standard InChI is InChI=1S/C24H34N8O3/c1-15-20(9-17(12-30-15)23(34)31-22(26)10-21(33)24(2,3)4)32(27)14-19(25)16-8-18(13-28-11-16)29-6-7-35-5/h8-14,29,33H,6-7,25,27H2,1-5H3,(H2,26,31,34)/b19-14-,21-10-. The number of nitrogens with zero attached hydrogens (tertiary/aromatic N) is 4. The van der Waals surface area contributed by atoms with Gasteiger partial charge in [-0.05, 0) is 19.1 Å². The Labute approximate surface area is 205 Å². The summed E-state index contributed by atoms with van der Waals surface area (Å²) in [6.07, 6.45) is 7.44. The van der Waals surface area contributed by atoms with Crippen LogP contribution < -0.4 is 27.6 Å². The third-order valence-corrected chi connectivity index (χ3v) is 4.85. The Kier molecular flexibility index (Phi) is 9.32. The first-order valence-electron chi connectivity index (χ1n) is 10.9. The van der Waals surface area contributed by atoms with Crippen LogP contribution in [0.1, 0.15) is 42.4 Å². The number of aliphatic hydroxyl groups excluding tert-OH is 1. The van der Waals surface area contributed by atoms with Crippen molar-refractivity contribution in [3.05, 3.63) is 65.6 Å². The molecule has 2 aromatic rings. The predicted octanol–water partition coefficient (Wildman–Crippen LogP) is 2.47. The molecule has 0 radical (unpaired) electrons. The molecule has 2 aromatic heterocycles. The van der Waals surface area contributed by atoms with E-state index < -0.39 is 11.3 Å². The lowest BCUT2D eigenvalue weighted by Crippen LogP contribution is -2.27. The zero-order chi connectivity index (χ0) is 26.2. The highest BCUT2D eigenvalue weighted by atomic mass is 16.5. The maximum atomic E-state index is 12.6. The van der Waals surface area contributed by atoms with E-state index in [0.29, 0.717) is 35.8 Å². The number of allylic oxidation sites excluding steroid dienone is 1. The summed E-state index contributed by atoms with van der Waals surface area (Å²) < 4.78 is 5.03. The zero-order valence-corrected chi connectivity index (χ0v) is 20.7. The Balaban J connectivity index is 2.26. The molecule has 11 heteroatoms. The molecule has 0 aromatic carbocycles. The normalized spacial score (nSPS) is 13.0. The van der Waals surface area contributed by atoms with Gasteiger partial charge in [0.15, 0.2) is 0 Å². The molecule has 0 spiro atoms. The number of hydrogen-bond donors (Lipinski definition) is 5. The summed E-state index contributed by atoms with van der Waals surface area (Å²) in [5.41, 5.74) is 14.5. The second kappa shape index (κ2) is 12.0. The number of rotatable bonds is 9. The fraction of sp³-hybridized carbons (Fsp3) is 0.333. The molecule has 0 unspecified atom stereocenters. The van der Waals surface area contributed by atoms with Crippen molar-refractivity contribution in [3.63, 3.8) is 0 Å². The van der Waals surface area contributed by atoms with Gasteiger partial charge in [0.25, 0.3) is 5.91 Å². The second-order valence-corrected chi connectivity index (χ2v) is 8.82. The number of amides is 1. The van der Waals surface area contributed by atoms with Crippen molar-refractivity contribution in [2.24, 2.45) is 27.7 Å². The number of amidine groups is 1. The highest BCUT2D eigenvalue weighted by Gasteiger charge is 2.17. The summed E-state index contributed by atoms with van der Waals surface area (Å²) in [5, 5.41) is 14.5. The molecule has 8 N–H and O–H groups in total. The van der Waals surface area contributed by atoms with Crippen LogP contribution in [0.5, 0.6) is 0 Å². The summed E-state index contributed by atoms with van der Waals surface area (Å²) in [5.74, 6) is 5.49. The zero-order valence-electron chi connectivity index (χ0n) is 20.7. The van der Waals surface area contributed by atoms with Crippen molar-refractivity contribution in [2.45, 2.75) is 27.7 Å². The summed E-state index contributed by atoms with van der Waals surface area (Å²) in [6, 6.07) is 3.38. The number of aliphatic hydroxyl groups is 1. The quantitative estimate of drug-likeness (QED) is 0.0890. The fourth-order valence-electron chi connectivity index (χ4n) is 2.76. The molecule has 0 aliphatic carbocycles. The third kappa shape index (κ3) is 8.09. The Morgan fingerprint density at radius 1 is 1.23 bits per heavy atom. The minimum Gasteiger partial charge on any atom is -0.512 e. The number of pyridine rings is 2. The first-order valence-corrected chi connectivity index (χ1v) is 10.9. The average Bonchev–Trinajstić information content (AvgIpc) is 2.78. The molecule has 0 fully saturated rings. The Morgan fingerprint density at radius 2 is 1.94 bits per heavy atom. The third-order valence-electron chi connectivity index (χ3n) is 4.85. The monoisotopic (exact) mass is 482 g/mol. The van der Waals surface area contributed by atoms with E-state index in [9.17, 15) is 9.90 Å². The molecular formula is C24H34N8O3. The number of nitrogens with two attached hydrogens (primary N) is 3. The van der Waals surface area contributed by atoms with Crippen LogP contribution in [0.25, 0.3) is 5.70 Å². The molecular weight excluding hydrogens is 448 g/mol. The number of aromatic nitrogens is 2. The van der Waals surface area contributed by atoms with E-state index in [0.717, 1.165) is 5.69 Å². The van der Waals surface area contributed by atoms with Crippen LogP contribution in [0.2, 0.25) is 0 Å². The lowest BCUT2D eigenvalue weighted by atomic mass is 9.93. The summed E-state index contributed by atoms with van der Waals surface area (Å²) in [4.78, 5) is 24.9. The van der Waals surface area contributed by atoms with E-state index in [4.69, 9.17) is 22.0 Å². The molecule has 11 nitrogen and oxygen atoms in total. The van der Waals surface area contributed by atoms with Crippen LogP contribution in [-0.4, -0.2) is 47.1 Å². The van der Waals surface area contributed by atoms with Gasteiger partial charge in [0.1, 0.15) is 11.6 Å². The second-order valence-electron chi connectivity index (χ2n) is 8.82. The van der Waals surface area contributed by atoms with Gasteiger partial charge in [0, 0.05) is 55.5 Å². The lowest BCUT2D eigenvalue weighted by Gasteiger charge is -2.18. The van der Waals surface area contributed by atoms with Crippen molar-refractivity contribution in [1.29, 1.82) is 0 Å². The number of aryl methyl sites for hydroxylation is 1. The summed E-state index contributed by atoms with van der Waals surface area (Å²) >= 11 is 0. The maximum absolute atomic E-state index is 12.6. The Bertz CT molecular complexity index is 1140. The highest BCUT2D eigenvalue weighted by Crippen LogP contribution is 2.23. The molecule has 0 saturated carbocycles. The largest absolute Gasteiger partial charge is 0.512 e.